The van der Waals surface area contributed by atoms with Crippen LogP contribution in [-0.4, -0.2) is 18.3 Å². The number of thiophene rings is 1. The summed E-state index contributed by atoms with van der Waals surface area (Å²) in [6.45, 7) is 3.46. The first-order valence-corrected chi connectivity index (χ1v) is 9.54. The van der Waals surface area contributed by atoms with Crippen LogP contribution in [0.1, 0.15) is 39.3 Å². The Morgan fingerprint density at radius 1 is 1.04 bits per heavy atom. The molecule has 3 aromatic rings. The van der Waals surface area contributed by atoms with Gasteiger partial charge < -0.3 is 10.1 Å². The molecule has 0 aliphatic rings. The second kappa shape index (κ2) is 8.64. The number of benzene rings is 2. The van der Waals surface area contributed by atoms with E-state index in [-0.39, 0.29) is 24.3 Å². The average molecular weight is 379 g/mol. The van der Waals surface area contributed by atoms with Crippen LogP contribution in [-0.2, 0) is 4.79 Å². The van der Waals surface area contributed by atoms with Crippen molar-refractivity contribution in [3.63, 3.8) is 0 Å². The molecule has 138 valence electrons. The number of amides is 1. The Kier molecular flexibility index (Phi) is 6.04. The second-order valence-electron chi connectivity index (χ2n) is 6.30. The molecule has 0 unspecified atom stereocenters. The van der Waals surface area contributed by atoms with Gasteiger partial charge in [0.1, 0.15) is 5.75 Å². The zero-order valence-electron chi connectivity index (χ0n) is 15.3. The van der Waals surface area contributed by atoms with Gasteiger partial charge in [0.05, 0.1) is 6.04 Å². The van der Waals surface area contributed by atoms with E-state index >= 15 is 0 Å². The molecule has 5 heteroatoms. The van der Waals surface area contributed by atoms with Gasteiger partial charge in [-0.1, -0.05) is 35.9 Å². The maximum Gasteiger partial charge on any atom is 0.258 e. The summed E-state index contributed by atoms with van der Waals surface area (Å²) in [6, 6.07) is 18.7. The quantitative estimate of drug-likeness (QED) is 0.613. The molecule has 1 atom stereocenters. The molecule has 27 heavy (non-hydrogen) atoms. The minimum absolute atomic E-state index is 0.00354. The average Bonchev–Trinajstić information content (AvgIpc) is 3.20. The van der Waals surface area contributed by atoms with E-state index in [1.165, 1.54) is 12.5 Å². The summed E-state index contributed by atoms with van der Waals surface area (Å²) in [6.07, 6.45) is 0. The summed E-state index contributed by atoms with van der Waals surface area (Å²) in [4.78, 5) is 24.8. The minimum Gasteiger partial charge on any atom is -0.484 e. The molecule has 0 saturated heterocycles. The van der Waals surface area contributed by atoms with Gasteiger partial charge in [0.2, 0.25) is 0 Å². The highest BCUT2D eigenvalue weighted by Crippen LogP contribution is 2.26. The highest BCUT2D eigenvalue weighted by Gasteiger charge is 2.18. The van der Waals surface area contributed by atoms with Crippen molar-refractivity contribution in [2.24, 2.45) is 0 Å². The van der Waals surface area contributed by atoms with Crippen LogP contribution in [0.3, 0.4) is 0 Å². The third-order valence-corrected chi connectivity index (χ3v) is 5.11. The molecule has 1 amide bonds. The van der Waals surface area contributed by atoms with Gasteiger partial charge in [0, 0.05) is 10.4 Å². The fourth-order valence-electron chi connectivity index (χ4n) is 2.67. The van der Waals surface area contributed by atoms with Crippen molar-refractivity contribution < 1.29 is 14.3 Å². The van der Waals surface area contributed by atoms with Gasteiger partial charge in [0.25, 0.3) is 5.91 Å². The van der Waals surface area contributed by atoms with Crippen LogP contribution >= 0.6 is 11.3 Å². The smallest absolute Gasteiger partial charge is 0.258 e. The number of aryl methyl sites for hydroxylation is 1. The summed E-state index contributed by atoms with van der Waals surface area (Å²) >= 11 is 1.60. The largest absolute Gasteiger partial charge is 0.484 e. The lowest BCUT2D eigenvalue weighted by Crippen LogP contribution is -2.32. The summed E-state index contributed by atoms with van der Waals surface area (Å²) < 4.78 is 5.56. The molecule has 0 aliphatic carbocycles. The summed E-state index contributed by atoms with van der Waals surface area (Å²) in [5, 5.41) is 5.04. The van der Waals surface area contributed by atoms with Crippen LogP contribution in [0.2, 0.25) is 0 Å². The number of hydrogen-bond acceptors (Lipinski definition) is 4. The van der Waals surface area contributed by atoms with Gasteiger partial charge in [-0.05, 0) is 55.1 Å². The first-order valence-electron chi connectivity index (χ1n) is 8.66. The van der Waals surface area contributed by atoms with Crippen LogP contribution in [0.5, 0.6) is 5.75 Å². The SMILES string of the molecule is CC(=O)c1ccc(OCC(=O)N[C@H](c2ccc(C)cc2)c2cccs2)cc1. The van der Waals surface area contributed by atoms with Gasteiger partial charge in [-0.15, -0.1) is 11.3 Å². The lowest BCUT2D eigenvalue weighted by Gasteiger charge is -2.18. The fraction of sp³-hybridized carbons (Fsp3) is 0.182. The summed E-state index contributed by atoms with van der Waals surface area (Å²) in [5.41, 5.74) is 2.82. The standard InChI is InChI=1S/C22H21NO3S/c1-15-5-7-18(8-6-15)22(20-4-3-13-27-20)23-21(25)14-26-19-11-9-17(10-12-19)16(2)24/h3-13,22H,14H2,1-2H3,(H,23,25)/t22-/m1/s1. The lowest BCUT2D eigenvalue weighted by molar-refractivity contribution is -0.123. The van der Waals surface area contributed by atoms with Crippen LogP contribution in [0.15, 0.2) is 66.0 Å². The molecule has 1 N–H and O–H groups in total. The number of ether oxygens (including phenoxy) is 1. The van der Waals surface area contributed by atoms with Gasteiger partial charge in [0.15, 0.2) is 12.4 Å². The van der Waals surface area contributed by atoms with Gasteiger partial charge in [-0.25, -0.2) is 0 Å². The van der Waals surface area contributed by atoms with E-state index in [1.807, 2.05) is 48.7 Å². The first-order chi connectivity index (χ1) is 13.0. The van der Waals surface area contributed by atoms with Crippen LogP contribution in [0.25, 0.3) is 0 Å². The van der Waals surface area contributed by atoms with Crippen molar-refractivity contribution in [3.8, 4) is 5.75 Å². The van der Waals surface area contributed by atoms with E-state index in [0.29, 0.717) is 11.3 Å². The highest BCUT2D eigenvalue weighted by molar-refractivity contribution is 7.10. The maximum absolute atomic E-state index is 12.5. The number of hydrogen-bond donors (Lipinski definition) is 1. The zero-order chi connectivity index (χ0) is 19.2. The van der Waals surface area contributed by atoms with Gasteiger partial charge >= 0.3 is 0 Å². The van der Waals surface area contributed by atoms with E-state index in [1.54, 1.807) is 35.6 Å². The molecule has 4 nitrogen and oxygen atoms in total. The predicted molar refractivity (Wildman–Crippen MR) is 107 cm³/mol. The molecular weight excluding hydrogens is 358 g/mol. The van der Waals surface area contributed by atoms with E-state index in [4.69, 9.17) is 4.74 Å². The monoisotopic (exact) mass is 379 g/mol. The molecule has 1 aromatic heterocycles. The molecule has 1 heterocycles. The number of rotatable bonds is 7. The number of carbonyl (C=O) groups is 2. The molecule has 0 bridgehead atoms. The van der Waals surface area contributed by atoms with Gasteiger partial charge in [-0.3, -0.25) is 9.59 Å². The number of nitrogens with one attached hydrogen (secondary N) is 1. The lowest BCUT2D eigenvalue weighted by atomic mass is 10.0. The summed E-state index contributed by atoms with van der Waals surface area (Å²) in [5.74, 6) is 0.346. The van der Waals surface area contributed by atoms with Gasteiger partial charge in [-0.2, -0.15) is 0 Å². The van der Waals surface area contributed by atoms with Crippen molar-refractivity contribution in [1.82, 2.24) is 5.32 Å². The minimum atomic E-state index is -0.207. The number of Topliss-reactive ketones (excluding diaryl/α,β-unsaturated/α-hetero) is 1. The third kappa shape index (κ3) is 5.05. The van der Waals surface area contributed by atoms with Crippen molar-refractivity contribution in [1.29, 1.82) is 0 Å². The molecule has 0 saturated carbocycles. The maximum atomic E-state index is 12.5. The molecule has 0 spiro atoms. The Balaban J connectivity index is 1.66. The summed E-state index contributed by atoms with van der Waals surface area (Å²) in [7, 11) is 0. The molecular formula is C22H21NO3S. The Hall–Kier alpha value is -2.92. The topological polar surface area (TPSA) is 55.4 Å². The van der Waals surface area contributed by atoms with Crippen molar-refractivity contribution in [3.05, 3.63) is 87.6 Å². The van der Waals surface area contributed by atoms with E-state index < -0.39 is 0 Å². The van der Waals surface area contributed by atoms with Crippen molar-refractivity contribution in [2.45, 2.75) is 19.9 Å². The normalized spacial score (nSPS) is 11.6. The number of carbonyl (C=O) groups excluding carboxylic acids is 2. The van der Waals surface area contributed by atoms with Crippen LogP contribution in [0.4, 0.5) is 0 Å². The Bertz CT molecular complexity index is 900. The van der Waals surface area contributed by atoms with E-state index in [9.17, 15) is 9.59 Å². The first kappa shape index (κ1) is 18.9. The molecule has 3 rings (SSSR count). The third-order valence-electron chi connectivity index (χ3n) is 4.17. The Morgan fingerprint density at radius 2 is 1.74 bits per heavy atom. The van der Waals surface area contributed by atoms with Crippen LogP contribution < -0.4 is 10.1 Å². The predicted octanol–water partition coefficient (Wildman–Crippen LogP) is 4.54. The van der Waals surface area contributed by atoms with Crippen molar-refractivity contribution >= 4 is 23.0 Å². The molecule has 2 aromatic carbocycles. The van der Waals surface area contributed by atoms with E-state index in [2.05, 4.69) is 5.32 Å². The fourth-order valence-corrected chi connectivity index (χ4v) is 3.47. The zero-order valence-corrected chi connectivity index (χ0v) is 16.1. The highest BCUT2D eigenvalue weighted by atomic mass is 32.1. The van der Waals surface area contributed by atoms with Crippen molar-refractivity contribution in [2.75, 3.05) is 6.61 Å². The molecule has 0 aliphatic heterocycles. The molecule has 0 radical (unpaired) electrons. The van der Waals surface area contributed by atoms with E-state index in [0.717, 1.165) is 10.4 Å². The van der Waals surface area contributed by atoms with Crippen LogP contribution in [0, 0.1) is 6.92 Å². The Morgan fingerprint density at radius 3 is 2.33 bits per heavy atom. The second-order valence-corrected chi connectivity index (χ2v) is 7.28. The number of ketones is 1. The Labute approximate surface area is 162 Å². The molecule has 0 fully saturated rings.